The Morgan fingerprint density at radius 1 is 1.32 bits per heavy atom. The first kappa shape index (κ1) is 14.3. The van der Waals surface area contributed by atoms with Gasteiger partial charge >= 0.3 is 0 Å². The van der Waals surface area contributed by atoms with E-state index in [1.807, 2.05) is 11.0 Å². The summed E-state index contributed by atoms with van der Waals surface area (Å²) >= 11 is 0. The van der Waals surface area contributed by atoms with Crippen LogP contribution in [0.3, 0.4) is 0 Å². The molecule has 0 unspecified atom stereocenters. The molecular weight excluding hydrogens is 278 g/mol. The van der Waals surface area contributed by atoms with Crippen molar-refractivity contribution in [2.75, 3.05) is 26.2 Å². The van der Waals surface area contributed by atoms with Gasteiger partial charge in [-0.15, -0.1) is 0 Å². The number of nitrogens with zero attached hydrogens (tertiary/aromatic N) is 5. The van der Waals surface area contributed by atoms with Crippen molar-refractivity contribution in [3.63, 3.8) is 0 Å². The van der Waals surface area contributed by atoms with Crippen LogP contribution in [-0.4, -0.2) is 46.9 Å². The Labute approximate surface area is 129 Å². The second-order valence-electron chi connectivity index (χ2n) is 5.98. The van der Waals surface area contributed by atoms with E-state index in [1.165, 1.54) is 0 Å². The van der Waals surface area contributed by atoms with E-state index in [1.54, 1.807) is 17.2 Å². The van der Waals surface area contributed by atoms with Gasteiger partial charge in [-0.25, -0.2) is 0 Å². The number of aromatic nitrogens is 1. The van der Waals surface area contributed by atoms with Gasteiger partial charge in [-0.05, 0) is 24.5 Å². The Morgan fingerprint density at radius 3 is 2.73 bits per heavy atom. The molecule has 0 aromatic carbocycles. The van der Waals surface area contributed by atoms with Crippen molar-refractivity contribution in [3.05, 3.63) is 29.6 Å². The predicted molar refractivity (Wildman–Crippen MR) is 78.2 cm³/mol. The van der Waals surface area contributed by atoms with E-state index in [0.717, 1.165) is 18.7 Å². The van der Waals surface area contributed by atoms with Crippen molar-refractivity contribution < 1.29 is 4.79 Å². The Balaban J connectivity index is 1.47. The Morgan fingerprint density at radius 2 is 2.14 bits per heavy atom. The average Bonchev–Trinajstić information content (AvgIpc) is 2.94. The van der Waals surface area contributed by atoms with Crippen LogP contribution in [0.15, 0.2) is 18.3 Å². The van der Waals surface area contributed by atoms with Crippen LogP contribution in [0.1, 0.15) is 30.0 Å². The lowest BCUT2D eigenvalue weighted by atomic mass is 9.93. The third-order valence-corrected chi connectivity index (χ3v) is 4.46. The van der Waals surface area contributed by atoms with Gasteiger partial charge in [-0.1, -0.05) is 0 Å². The van der Waals surface area contributed by atoms with Crippen molar-refractivity contribution in [2.24, 2.45) is 5.92 Å². The third-order valence-electron chi connectivity index (χ3n) is 4.46. The minimum absolute atomic E-state index is 0.176. The molecule has 1 aromatic rings. The van der Waals surface area contributed by atoms with Crippen molar-refractivity contribution in [3.8, 4) is 12.3 Å². The Bertz CT molecular complexity index is 636. The summed E-state index contributed by atoms with van der Waals surface area (Å²) in [4.78, 5) is 20.1. The fourth-order valence-corrected chi connectivity index (χ4v) is 3.05. The van der Waals surface area contributed by atoms with Crippen LogP contribution in [0.25, 0.3) is 0 Å². The molecule has 0 N–H and O–H groups in total. The smallest absolute Gasteiger partial charge is 0.222 e. The molecule has 6 nitrogen and oxygen atoms in total. The largest absolute Gasteiger partial charge is 0.341 e. The molecule has 1 amide bonds. The number of carbonyl (C=O) groups excluding carboxylic acids is 1. The maximum absolute atomic E-state index is 12.2. The van der Waals surface area contributed by atoms with E-state index in [9.17, 15) is 4.79 Å². The van der Waals surface area contributed by atoms with Crippen LogP contribution in [0.2, 0.25) is 0 Å². The van der Waals surface area contributed by atoms with Gasteiger partial charge < -0.3 is 9.80 Å². The second-order valence-corrected chi connectivity index (χ2v) is 5.98. The molecule has 0 bridgehead atoms. The third kappa shape index (κ3) is 2.87. The van der Waals surface area contributed by atoms with Crippen LogP contribution in [0.4, 0.5) is 0 Å². The molecule has 0 spiro atoms. The maximum Gasteiger partial charge on any atom is 0.222 e. The zero-order chi connectivity index (χ0) is 15.5. The number of hydrogen-bond acceptors (Lipinski definition) is 5. The van der Waals surface area contributed by atoms with Crippen LogP contribution < -0.4 is 0 Å². The quantitative estimate of drug-likeness (QED) is 0.779. The summed E-state index contributed by atoms with van der Waals surface area (Å²) in [5.41, 5.74) is 1.50. The number of rotatable bonds is 3. The zero-order valence-corrected chi connectivity index (χ0v) is 12.3. The number of hydrogen-bond donors (Lipinski definition) is 0. The van der Waals surface area contributed by atoms with Gasteiger partial charge in [-0.2, -0.15) is 10.5 Å². The molecule has 0 radical (unpaired) electrons. The van der Waals surface area contributed by atoms with Crippen LogP contribution in [0, 0.1) is 28.7 Å². The van der Waals surface area contributed by atoms with Gasteiger partial charge in [0.25, 0.3) is 0 Å². The normalized spacial score (nSPS) is 21.1. The fraction of sp³-hybridized carbons (Fsp3) is 0.500. The highest BCUT2D eigenvalue weighted by molar-refractivity contribution is 5.77. The molecule has 2 fully saturated rings. The van der Waals surface area contributed by atoms with Gasteiger partial charge in [-0.3, -0.25) is 9.78 Å². The number of amides is 1. The van der Waals surface area contributed by atoms with E-state index < -0.39 is 0 Å². The van der Waals surface area contributed by atoms with Crippen molar-refractivity contribution >= 4 is 5.91 Å². The van der Waals surface area contributed by atoms with Gasteiger partial charge in [0, 0.05) is 50.4 Å². The first-order valence-corrected chi connectivity index (χ1v) is 7.48. The summed E-state index contributed by atoms with van der Waals surface area (Å²) in [6, 6.07) is 5.68. The Kier molecular flexibility index (Phi) is 3.93. The van der Waals surface area contributed by atoms with Gasteiger partial charge in [0.2, 0.25) is 5.91 Å². The first-order chi connectivity index (χ1) is 10.7. The van der Waals surface area contributed by atoms with Crippen LogP contribution in [-0.2, 0) is 4.79 Å². The summed E-state index contributed by atoms with van der Waals surface area (Å²) in [6.07, 6.45) is 5.18. The van der Waals surface area contributed by atoms with Crippen molar-refractivity contribution in [1.82, 2.24) is 14.8 Å². The molecule has 1 aromatic heterocycles. The van der Waals surface area contributed by atoms with E-state index in [0.29, 0.717) is 37.5 Å². The Hall–Kier alpha value is -2.60. The monoisotopic (exact) mass is 295 g/mol. The highest BCUT2D eigenvalue weighted by Crippen LogP contribution is 2.28. The van der Waals surface area contributed by atoms with E-state index in [4.69, 9.17) is 10.5 Å². The molecule has 2 aliphatic heterocycles. The molecule has 6 heteroatoms. The minimum atomic E-state index is 0.176. The lowest BCUT2D eigenvalue weighted by Crippen LogP contribution is -2.49. The van der Waals surface area contributed by atoms with Crippen LogP contribution >= 0.6 is 0 Å². The lowest BCUT2D eigenvalue weighted by Gasteiger charge is -2.39. The molecule has 0 aliphatic carbocycles. The van der Waals surface area contributed by atoms with E-state index in [-0.39, 0.29) is 11.8 Å². The maximum atomic E-state index is 12.2. The van der Waals surface area contributed by atoms with Crippen molar-refractivity contribution in [1.29, 1.82) is 10.5 Å². The van der Waals surface area contributed by atoms with Crippen molar-refractivity contribution in [2.45, 2.75) is 18.8 Å². The molecule has 3 heterocycles. The predicted octanol–water partition coefficient (Wildman–Crippen LogP) is 1.07. The summed E-state index contributed by atoms with van der Waals surface area (Å²) in [7, 11) is 0. The second kappa shape index (κ2) is 6.03. The fourth-order valence-electron chi connectivity index (χ4n) is 3.05. The molecular formula is C16H17N5O. The van der Waals surface area contributed by atoms with E-state index in [2.05, 4.69) is 17.2 Å². The minimum Gasteiger partial charge on any atom is -0.341 e. The molecule has 2 aliphatic rings. The zero-order valence-electron chi connectivity index (χ0n) is 12.3. The van der Waals surface area contributed by atoms with E-state index >= 15 is 0 Å². The van der Waals surface area contributed by atoms with Gasteiger partial charge in [0.1, 0.15) is 6.07 Å². The van der Waals surface area contributed by atoms with Gasteiger partial charge in [0.05, 0.1) is 5.56 Å². The van der Waals surface area contributed by atoms with Crippen LogP contribution in [0.5, 0.6) is 0 Å². The SMILES string of the molecule is N#Cc1ccc(C2CN(C(=O)C[C@@H]3CCN(C#N)C3)C2)nc1. The number of pyridine rings is 1. The molecule has 1 atom stereocenters. The highest BCUT2D eigenvalue weighted by atomic mass is 16.2. The lowest BCUT2D eigenvalue weighted by molar-refractivity contribution is -0.136. The highest BCUT2D eigenvalue weighted by Gasteiger charge is 2.34. The summed E-state index contributed by atoms with van der Waals surface area (Å²) in [5.74, 6) is 0.754. The molecule has 2 saturated heterocycles. The number of likely N-dealkylation sites (tertiary alicyclic amines) is 2. The topological polar surface area (TPSA) is 84.0 Å². The summed E-state index contributed by atoms with van der Waals surface area (Å²) in [6.45, 7) is 2.88. The number of nitriles is 2. The number of carbonyl (C=O) groups is 1. The molecule has 0 saturated carbocycles. The molecule has 22 heavy (non-hydrogen) atoms. The average molecular weight is 295 g/mol. The first-order valence-electron chi connectivity index (χ1n) is 7.48. The summed E-state index contributed by atoms with van der Waals surface area (Å²) < 4.78 is 0. The van der Waals surface area contributed by atoms with Gasteiger partial charge in [0.15, 0.2) is 6.19 Å². The summed E-state index contributed by atoms with van der Waals surface area (Å²) in [5, 5.41) is 17.6. The standard InChI is InChI=1S/C16H17N5O/c17-6-13-1-2-15(19-7-13)14-9-21(10-14)16(22)5-12-3-4-20(8-12)11-18/h1-2,7,12,14H,3-5,8-10H2/t12-/m0/s1. The molecule has 112 valence electrons. The molecule has 3 rings (SSSR count).